The van der Waals surface area contributed by atoms with Crippen LogP contribution in [0.5, 0.6) is 11.5 Å². The van der Waals surface area contributed by atoms with Crippen molar-refractivity contribution in [1.29, 1.82) is 0 Å². The van der Waals surface area contributed by atoms with Gasteiger partial charge in [-0.3, -0.25) is 4.79 Å². The van der Waals surface area contributed by atoms with Gasteiger partial charge in [0.15, 0.2) is 5.75 Å². The largest absolute Gasteiger partial charge is 0.489 e. The summed E-state index contributed by atoms with van der Waals surface area (Å²) < 4.78 is 13.2. The summed E-state index contributed by atoms with van der Waals surface area (Å²) in [6.45, 7) is 5.55. The Labute approximate surface area is 162 Å². The number of aromatic nitrogens is 1. The smallest absolute Gasteiger partial charge is 0.297 e. The second-order valence-electron chi connectivity index (χ2n) is 7.07. The fraction of sp³-hybridized carbons (Fsp3) is 0.591. The molecule has 0 aliphatic carbocycles. The zero-order chi connectivity index (χ0) is 19.6. The lowest BCUT2D eigenvalue weighted by atomic mass is 10.1. The minimum absolute atomic E-state index is 0.143. The first-order valence-corrected chi connectivity index (χ1v) is 10.3. The van der Waals surface area contributed by atoms with Crippen molar-refractivity contribution in [2.24, 2.45) is 0 Å². The Morgan fingerprint density at radius 3 is 2.37 bits per heavy atom. The van der Waals surface area contributed by atoms with E-state index in [2.05, 4.69) is 13.8 Å². The van der Waals surface area contributed by atoms with E-state index < -0.39 is 0 Å². The Morgan fingerprint density at radius 2 is 1.67 bits per heavy atom. The van der Waals surface area contributed by atoms with E-state index in [9.17, 15) is 4.79 Å². The van der Waals surface area contributed by atoms with Crippen LogP contribution in [0.25, 0.3) is 10.9 Å². The van der Waals surface area contributed by atoms with Gasteiger partial charge in [-0.1, -0.05) is 52.4 Å². The van der Waals surface area contributed by atoms with Crippen LogP contribution in [0.3, 0.4) is 0 Å². The molecule has 5 nitrogen and oxygen atoms in total. The number of rotatable bonds is 12. The summed E-state index contributed by atoms with van der Waals surface area (Å²) in [6.07, 6.45) is 9.02. The first-order valence-electron chi connectivity index (χ1n) is 10.3. The van der Waals surface area contributed by atoms with Gasteiger partial charge in [-0.15, -0.1) is 0 Å². The highest BCUT2D eigenvalue weighted by Gasteiger charge is 2.19. The summed E-state index contributed by atoms with van der Waals surface area (Å²) in [5.74, 6) is 0.819. The summed E-state index contributed by atoms with van der Waals surface area (Å²) in [4.78, 5) is 13.1. The van der Waals surface area contributed by atoms with Crippen molar-refractivity contribution >= 4 is 16.6 Å². The Morgan fingerprint density at radius 1 is 0.963 bits per heavy atom. The molecular formula is C22H34N2O3. The number of nitrogens with two attached hydrogens (primary N) is 1. The van der Waals surface area contributed by atoms with E-state index in [4.69, 9.17) is 15.2 Å². The molecule has 0 radical (unpaired) electrons. The van der Waals surface area contributed by atoms with Crippen molar-refractivity contribution < 1.29 is 9.47 Å². The van der Waals surface area contributed by atoms with Crippen LogP contribution < -0.4 is 20.8 Å². The number of anilines is 1. The molecule has 5 heteroatoms. The number of hydrogen-bond donors (Lipinski definition) is 1. The first kappa shape index (κ1) is 21.1. The van der Waals surface area contributed by atoms with Crippen LogP contribution in [-0.2, 0) is 6.54 Å². The van der Waals surface area contributed by atoms with Gasteiger partial charge in [0.1, 0.15) is 0 Å². The first-order chi connectivity index (χ1) is 13.1. The average Bonchev–Trinajstić information content (AvgIpc) is 2.66. The van der Waals surface area contributed by atoms with Crippen LogP contribution in [0, 0.1) is 0 Å². The Kier molecular flexibility index (Phi) is 8.49. The standard InChI is InChI=1S/C22H34N2O3/c1-4-6-8-9-10-11-14-24-19-16-17(23)12-13-18(19)20(27-15-7-5-2)21(26-3)22(24)25/h12-13,16H,4-11,14-15,23H2,1-3H3. The summed E-state index contributed by atoms with van der Waals surface area (Å²) in [5, 5.41) is 0.878. The zero-order valence-electron chi connectivity index (χ0n) is 17.1. The predicted molar refractivity (Wildman–Crippen MR) is 113 cm³/mol. The lowest BCUT2D eigenvalue weighted by Gasteiger charge is -2.18. The van der Waals surface area contributed by atoms with Gasteiger partial charge >= 0.3 is 0 Å². The maximum Gasteiger partial charge on any atom is 0.297 e. The van der Waals surface area contributed by atoms with E-state index in [0.717, 1.165) is 36.6 Å². The van der Waals surface area contributed by atoms with Crippen LogP contribution in [0.15, 0.2) is 23.0 Å². The molecule has 0 atom stereocenters. The molecule has 27 heavy (non-hydrogen) atoms. The second kappa shape index (κ2) is 10.9. The van der Waals surface area contributed by atoms with Gasteiger partial charge in [-0.25, -0.2) is 0 Å². The molecule has 0 aliphatic rings. The normalized spacial score (nSPS) is 11.1. The monoisotopic (exact) mass is 374 g/mol. The lowest BCUT2D eigenvalue weighted by Crippen LogP contribution is -2.23. The number of unbranched alkanes of at least 4 members (excludes halogenated alkanes) is 6. The van der Waals surface area contributed by atoms with Gasteiger partial charge in [0, 0.05) is 17.6 Å². The van der Waals surface area contributed by atoms with Crippen molar-refractivity contribution in [3.63, 3.8) is 0 Å². The average molecular weight is 375 g/mol. The quantitative estimate of drug-likeness (QED) is 0.413. The molecule has 150 valence electrons. The highest BCUT2D eigenvalue weighted by molar-refractivity contribution is 5.90. The number of nitrogen functional groups attached to an aromatic ring is 1. The molecule has 2 aromatic rings. The number of benzene rings is 1. The van der Waals surface area contributed by atoms with E-state index in [1.165, 1.54) is 32.8 Å². The maximum absolute atomic E-state index is 13.1. The van der Waals surface area contributed by atoms with E-state index >= 15 is 0 Å². The molecule has 2 N–H and O–H groups in total. The molecule has 0 spiro atoms. The zero-order valence-corrected chi connectivity index (χ0v) is 17.1. The summed E-state index contributed by atoms with van der Waals surface area (Å²) in [5.41, 5.74) is 7.33. The summed E-state index contributed by atoms with van der Waals surface area (Å²) in [7, 11) is 1.53. The fourth-order valence-corrected chi connectivity index (χ4v) is 3.33. The molecule has 1 heterocycles. The Balaban J connectivity index is 2.35. The van der Waals surface area contributed by atoms with Gasteiger partial charge < -0.3 is 19.8 Å². The number of ether oxygens (including phenoxy) is 2. The van der Waals surface area contributed by atoms with Gasteiger partial charge in [-0.2, -0.15) is 0 Å². The highest BCUT2D eigenvalue weighted by Crippen LogP contribution is 2.34. The van der Waals surface area contributed by atoms with Crippen LogP contribution in [0.2, 0.25) is 0 Å². The molecule has 0 bridgehead atoms. The Hall–Kier alpha value is -2.17. The lowest BCUT2D eigenvalue weighted by molar-refractivity contribution is 0.288. The highest BCUT2D eigenvalue weighted by atomic mass is 16.5. The van der Waals surface area contributed by atoms with Gasteiger partial charge in [0.05, 0.1) is 19.2 Å². The molecule has 0 aliphatic heterocycles. The van der Waals surface area contributed by atoms with Crippen LogP contribution in [0.1, 0.15) is 65.2 Å². The molecule has 2 rings (SSSR count). The van der Waals surface area contributed by atoms with Crippen LogP contribution >= 0.6 is 0 Å². The number of nitrogens with zero attached hydrogens (tertiary/aromatic N) is 1. The molecule has 1 aromatic carbocycles. The van der Waals surface area contributed by atoms with Gasteiger partial charge in [0.2, 0.25) is 5.75 Å². The topological polar surface area (TPSA) is 66.5 Å². The van der Waals surface area contributed by atoms with E-state index in [0.29, 0.717) is 24.6 Å². The molecular weight excluding hydrogens is 340 g/mol. The summed E-state index contributed by atoms with van der Waals surface area (Å²) >= 11 is 0. The number of fused-ring (bicyclic) bond motifs is 1. The van der Waals surface area contributed by atoms with Crippen LogP contribution in [-0.4, -0.2) is 18.3 Å². The third-order valence-corrected chi connectivity index (χ3v) is 4.89. The van der Waals surface area contributed by atoms with Crippen molar-refractivity contribution in [3.05, 3.63) is 28.6 Å². The third kappa shape index (κ3) is 5.41. The van der Waals surface area contributed by atoms with E-state index in [1.807, 2.05) is 18.2 Å². The second-order valence-corrected chi connectivity index (χ2v) is 7.07. The molecule has 0 fully saturated rings. The molecule has 0 amide bonds. The number of methoxy groups -OCH3 is 1. The number of pyridine rings is 1. The molecule has 1 aromatic heterocycles. The van der Waals surface area contributed by atoms with Crippen molar-refractivity contribution in [2.45, 2.75) is 71.8 Å². The van der Waals surface area contributed by atoms with Gasteiger partial charge in [0.25, 0.3) is 5.56 Å². The molecule has 0 saturated heterocycles. The van der Waals surface area contributed by atoms with Crippen molar-refractivity contribution in [3.8, 4) is 11.5 Å². The predicted octanol–water partition coefficient (Wildman–Crippen LogP) is 5.13. The number of hydrogen-bond acceptors (Lipinski definition) is 4. The SMILES string of the molecule is CCCCCCCCn1c(=O)c(OC)c(OCCCC)c2ccc(N)cc21. The van der Waals surface area contributed by atoms with Gasteiger partial charge in [-0.05, 0) is 31.0 Å². The van der Waals surface area contributed by atoms with Crippen LogP contribution in [0.4, 0.5) is 5.69 Å². The minimum atomic E-state index is -0.143. The Bertz CT molecular complexity index is 783. The summed E-state index contributed by atoms with van der Waals surface area (Å²) in [6, 6.07) is 5.62. The van der Waals surface area contributed by atoms with E-state index in [-0.39, 0.29) is 11.3 Å². The van der Waals surface area contributed by atoms with E-state index in [1.54, 1.807) is 4.57 Å². The molecule has 0 unspecified atom stereocenters. The molecule has 0 saturated carbocycles. The van der Waals surface area contributed by atoms with Crippen molar-refractivity contribution in [1.82, 2.24) is 4.57 Å². The minimum Gasteiger partial charge on any atom is -0.489 e. The van der Waals surface area contributed by atoms with Crippen molar-refractivity contribution in [2.75, 3.05) is 19.5 Å². The maximum atomic E-state index is 13.1. The fourth-order valence-electron chi connectivity index (χ4n) is 3.33. The third-order valence-electron chi connectivity index (χ3n) is 4.89. The number of aryl methyl sites for hydroxylation is 1.